The highest BCUT2D eigenvalue weighted by molar-refractivity contribution is 9.10. The van der Waals surface area contributed by atoms with Crippen molar-refractivity contribution in [1.29, 1.82) is 0 Å². The number of hydrogen-bond acceptors (Lipinski definition) is 4. The molecule has 1 aliphatic rings. The fraction of sp³-hybridized carbons (Fsp3) is 0.167. The zero-order valence-corrected chi connectivity index (χ0v) is 12.0. The van der Waals surface area contributed by atoms with Crippen molar-refractivity contribution in [2.45, 2.75) is 0 Å². The third-order valence-corrected chi connectivity index (χ3v) is 3.35. The Balaban J connectivity index is 2.20. The van der Waals surface area contributed by atoms with E-state index < -0.39 is 11.8 Å². The minimum atomic E-state index is -0.477. The Labute approximate surface area is 123 Å². The predicted molar refractivity (Wildman–Crippen MR) is 74.7 cm³/mol. The number of nitrogens with one attached hydrogen (secondary N) is 1. The number of β-amino-alcohol motifs (C(OH)–C–C–N with tert-alkyl or cyclic N) is 1. The lowest BCUT2D eigenvalue weighted by Crippen LogP contribution is -2.34. The maximum atomic E-state index is 11.9. The summed E-state index contributed by atoms with van der Waals surface area (Å²) in [6.07, 6.45) is 1.19. The smallest absolute Gasteiger partial charge is 0.277 e. The summed E-state index contributed by atoms with van der Waals surface area (Å²) in [4.78, 5) is 24.4. The number of halogens is 2. The summed E-state index contributed by atoms with van der Waals surface area (Å²) in [7, 11) is 0. The molecule has 2 rings (SSSR count). The van der Waals surface area contributed by atoms with Crippen molar-refractivity contribution in [3.05, 3.63) is 39.5 Å². The number of amides is 2. The molecule has 0 aromatic heterocycles. The van der Waals surface area contributed by atoms with Crippen molar-refractivity contribution in [2.24, 2.45) is 0 Å². The molecule has 1 heterocycles. The molecular formula is C12H10BrClN2O3. The van der Waals surface area contributed by atoms with Crippen molar-refractivity contribution in [3.8, 4) is 0 Å². The third kappa shape index (κ3) is 2.97. The first-order chi connectivity index (χ1) is 9.02. The van der Waals surface area contributed by atoms with Gasteiger partial charge in [0.05, 0.1) is 23.9 Å². The lowest BCUT2D eigenvalue weighted by Gasteiger charge is -2.14. The molecule has 0 fully saturated rings. The average molecular weight is 346 g/mol. The van der Waals surface area contributed by atoms with Crippen molar-refractivity contribution < 1.29 is 14.7 Å². The van der Waals surface area contributed by atoms with Crippen LogP contribution in [0.1, 0.15) is 0 Å². The first-order valence-corrected chi connectivity index (χ1v) is 6.60. The minimum Gasteiger partial charge on any atom is -0.395 e. The van der Waals surface area contributed by atoms with Gasteiger partial charge in [-0.15, -0.1) is 0 Å². The zero-order valence-electron chi connectivity index (χ0n) is 9.69. The molecule has 100 valence electrons. The highest BCUT2D eigenvalue weighted by Gasteiger charge is 2.30. The number of nitrogens with zero attached hydrogens (tertiary/aromatic N) is 1. The summed E-state index contributed by atoms with van der Waals surface area (Å²) in [6.45, 7) is -0.290. The Morgan fingerprint density at radius 1 is 1.37 bits per heavy atom. The Morgan fingerprint density at radius 2 is 2.11 bits per heavy atom. The molecule has 1 aromatic rings. The first kappa shape index (κ1) is 14.0. The second-order valence-electron chi connectivity index (χ2n) is 3.83. The van der Waals surface area contributed by atoms with Crippen LogP contribution in [0, 0.1) is 0 Å². The van der Waals surface area contributed by atoms with Gasteiger partial charge < -0.3 is 10.4 Å². The van der Waals surface area contributed by atoms with E-state index in [-0.39, 0.29) is 18.8 Å². The summed E-state index contributed by atoms with van der Waals surface area (Å²) in [5.41, 5.74) is 0.660. The molecule has 2 N–H and O–H groups in total. The molecule has 0 atom stereocenters. The second-order valence-corrected chi connectivity index (χ2v) is 5.15. The van der Waals surface area contributed by atoms with Gasteiger partial charge in [-0.25, -0.2) is 0 Å². The molecule has 0 saturated heterocycles. The molecule has 1 aromatic carbocycles. The van der Waals surface area contributed by atoms with Crippen LogP contribution in [0.4, 0.5) is 5.69 Å². The van der Waals surface area contributed by atoms with Gasteiger partial charge in [-0.05, 0) is 18.2 Å². The van der Waals surface area contributed by atoms with Crippen LogP contribution in [0.2, 0.25) is 5.02 Å². The molecule has 2 amide bonds. The van der Waals surface area contributed by atoms with E-state index in [2.05, 4.69) is 21.2 Å². The van der Waals surface area contributed by atoms with E-state index in [1.54, 1.807) is 18.2 Å². The number of imide groups is 1. The summed E-state index contributed by atoms with van der Waals surface area (Å²) >= 11 is 9.29. The minimum absolute atomic E-state index is 0.0223. The molecule has 7 heteroatoms. The first-order valence-electron chi connectivity index (χ1n) is 5.43. The molecule has 0 aliphatic carbocycles. The van der Waals surface area contributed by atoms with Gasteiger partial charge in [0.15, 0.2) is 0 Å². The molecule has 1 aliphatic heterocycles. The van der Waals surface area contributed by atoms with Crippen molar-refractivity contribution in [3.63, 3.8) is 0 Å². The van der Waals surface area contributed by atoms with E-state index >= 15 is 0 Å². The van der Waals surface area contributed by atoms with Crippen molar-refractivity contribution in [1.82, 2.24) is 4.90 Å². The van der Waals surface area contributed by atoms with Crippen molar-refractivity contribution >= 4 is 45.0 Å². The quantitative estimate of drug-likeness (QED) is 0.816. The largest absolute Gasteiger partial charge is 0.395 e. The van der Waals surface area contributed by atoms with Crippen LogP contribution in [0.25, 0.3) is 0 Å². The van der Waals surface area contributed by atoms with E-state index in [9.17, 15) is 9.59 Å². The van der Waals surface area contributed by atoms with Crippen LogP contribution in [-0.4, -0.2) is 35.0 Å². The maximum Gasteiger partial charge on any atom is 0.277 e. The van der Waals surface area contributed by atoms with Crippen LogP contribution >= 0.6 is 27.5 Å². The van der Waals surface area contributed by atoms with Gasteiger partial charge in [0.1, 0.15) is 5.70 Å². The summed E-state index contributed by atoms with van der Waals surface area (Å²) in [5.74, 6) is -0.928. The van der Waals surface area contributed by atoms with E-state index in [1.807, 2.05) is 0 Å². The maximum absolute atomic E-state index is 11.9. The summed E-state index contributed by atoms with van der Waals surface area (Å²) < 4.78 is 0.795. The molecular weight excluding hydrogens is 336 g/mol. The number of carbonyl (C=O) groups excluding carboxylic acids is 2. The van der Waals surface area contributed by atoms with Crippen LogP contribution in [0.15, 0.2) is 34.4 Å². The molecule has 0 unspecified atom stereocenters. The van der Waals surface area contributed by atoms with E-state index in [4.69, 9.17) is 16.7 Å². The Morgan fingerprint density at radius 3 is 2.79 bits per heavy atom. The number of carbonyl (C=O) groups is 2. The fourth-order valence-electron chi connectivity index (χ4n) is 1.65. The van der Waals surface area contributed by atoms with Gasteiger partial charge in [0, 0.05) is 10.5 Å². The molecule has 0 bridgehead atoms. The van der Waals surface area contributed by atoms with Gasteiger partial charge in [-0.1, -0.05) is 27.5 Å². The molecule has 0 radical (unpaired) electrons. The van der Waals surface area contributed by atoms with E-state index in [0.29, 0.717) is 10.7 Å². The Kier molecular flexibility index (Phi) is 4.24. The fourth-order valence-corrected chi connectivity index (χ4v) is 2.17. The number of aliphatic hydroxyl groups is 1. The highest BCUT2D eigenvalue weighted by atomic mass is 79.9. The normalized spacial score (nSPS) is 14.9. The number of hydrogen-bond donors (Lipinski definition) is 2. The van der Waals surface area contributed by atoms with Crippen molar-refractivity contribution in [2.75, 3.05) is 18.5 Å². The molecule has 0 saturated carbocycles. The second kappa shape index (κ2) is 5.73. The highest BCUT2D eigenvalue weighted by Crippen LogP contribution is 2.28. The van der Waals surface area contributed by atoms with Gasteiger partial charge >= 0.3 is 0 Å². The number of rotatable bonds is 4. The SMILES string of the molecule is O=C1C=C(Nc2cc(Br)ccc2Cl)C(=O)N1CCO. The van der Waals surface area contributed by atoms with Gasteiger partial charge in [-0.3, -0.25) is 14.5 Å². The van der Waals surface area contributed by atoms with Gasteiger partial charge in [-0.2, -0.15) is 0 Å². The standard InChI is InChI=1S/C12H10BrClN2O3/c13-7-1-2-8(14)9(5-7)15-10-6-11(18)16(3-4-17)12(10)19/h1-2,5-6,15,17H,3-4H2. The van der Waals surface area contributed by atoms with E-state index in [0.717, 1.165) is 9.37 Å². The number of aliphatic hydroxyl groups excluding tert-OH is 1. The lowest BCUT2D eigenvalue weighted by molar-refractivity contribution is -0.137. The Bertz CT molecular complexity index is 574. The van der Waals surface area contributed by atoms with Crippen LogP contribution < -0.4 is 5.32 Å². The monoisotopic (exact) mass is 344 g/mol. The zero-order chi connectivity index (χ0) is 14.0. The number of benzene rings is 1. The van der Waals surface area contributed by atoms with Crippen LogP contribution in [0.3, 0.4) is 0 Å². The molecule has 5 nitrogen and oxygen atoms in total. The number of anilines is 1. The summed E-state index contributed by atoms with van der Waals surface area (Å²) in [5, 5.41) is 12.1. The van der Waals surface area contributed by atoms with Crippen LogP contribution in [0.5, 0.6) is 0 Å². The predicted octanol–water partition coefficient (Wildman–Crippen LogP) is 1.76. The average Bonchev–Trinajstić information content (AvgIpc) is 2.62. The lowest BCUT2D eigenvalue weighted by atomic mass is 10.3. The van der Waals surface area contributed by atoms with Gasteiger partial charge in [0.2, 0.25) is 0 Å². The van der Waals surface area contributed by atoms with Crippen LogP contribution in [-0.2, 0) is 9.59 Å². The molecule has 19 heavy (non-hydrogen) atoms. The Hall–Kier alpha value is -1.37. The van der Waals surface area contributed by atoms with E-state index in [1.165, 1.54) is 6.08 Å². The topological polar surface area (TPSA) is 69.6 Å². The molecule has 0 spiro atoms. The third-order valence-electron chi connectivity index (χ3n) is 2.53. The summed E-state index contributed by atoms with van der Waals surface area (Å²) in [6, 6.07) is 5.14. The van der Waals surface area contributed by atoms with Gasteiger partial charge in [0.25, 0.3) is 11.8 Å².